The molecule has 0 unspecified atom stereocenters. The zero-order chi connectivity index (χ0) is 20.3. The Morgan fingerprint density at radius 1 is 1.21 bits per heavy atom. The molecule has 8 nitrogen and oxygen atoms in total. The van der Waals surface area contributed by atoms with Crippen molar-refractivity contribution >= 4 is 5.95 Å². The highest BCUT2D eigenvalue weighted by atomic mass is 16.5. The van der Waals surface area contributed by atoms with Gasteiger partial charge in [-0.2, -0.15) is 4.98 Å². The number of nitrogens with zero attached hydrogens (tertiary/aromatic N) is 2. The van der Waals surface area contributed by atoms with E-state index in [0.29, 0.717) is 26.1 Å². The first kappa shape index (κ1) is 20.3. The lowest BCUT2D eigenvalue weighted by Gasteiger charge is -2.23. The first-order valence-corrected chi connectivity index (χ1v) is 9.72. The number of hydrogen-bond acceptors (Lipinski definition) is 6. The molecule has 1 aliphatic rings. The molecule has 2 heterocycles. The van der Waals surface area contributed by atoms with Gasteiger partial charge in [0.2, 0.25) is 5.95 Å². The topological polar surface area (TPSA) is 109 Å². The van der Waals surface area contributed by atoms with Crippen LogP contribution in [-0.2, 0) is 4.74 Å². The Kier molecular flexibility index (Phi) is 6.31. The average molecular weight is 388 g/mol. The van der Waals surface area contributed by atoms with E-state index in [-0.39, 0.29) is 23.9 Å². The lowest BCUT2D eigenvalue weighted by Crippen LogP contribution is -2.42. The molecule has 152 valence electrons. The quantitative estimate of drug-likeness (QED) is 0.700. The molecule has 1 saturated heterocycles. The molecule has 2 aromatic rings. The molecule has 0 saturated carbocycles. The SMILES string of the molecule is CC(C)[C@H](O)c1cccc([C@H](C)Nc2nc(=O)n(C3CCOCC3)c(=O)[nH]2)c1. The van der Waals surface area contributed by atoms with Crippen LogP contribution >= 0.6 is 0 Å². The summed E-state index contributed by atoms with van der Waals surface area (Å²) in [7, 11) is 0. The molecule has 28 heavy (non-hydrogen) atoms. The van der Waals surface area contributed by atoms with Gasteiger partial charge in [-0.15, -0.1) is 0 Å². The van der Waals surface area contributed by atoms with Crippen LogP contribution in [0.4, 0.5) is 5.95 Å². The minimum atomic E-state index is -0.561. The van der Waals surface area contributed by atoms with Crippen LogP contribution in [0.25, 0.3) is 0 Å². The van der Waals surface area contributed by atoms with Crippen LogP contribution < -0.4 is 16.7 Å². The van der Waals surface area contributed by atoms with Crippen LogP contribution in [0, 0.1) is 5.92 Å². The second kappa shape index (κ2) is 8.70. The number of aliphatic hydroxyl groups excluding tert-OH is 1. The van der Waals surface area contributed by atoms with E-state index in [1.807, 2.05) is 45.0 Å². The van der Waals surface area contributed by atoms with E-state index in [1.54, 1.807) is 0 Å². The van der Waals surface area contributed by atoms with Gasteiger partial charge in [0.15, 0.2) is 0 Å². The number of rotatable bonds is 6. The van der Waals surface area contributed by atoms with Gasteiger partial charge in [-0.3, -0.25) is 4.98 Å². The molecule has 3 N–H and O–H groups in total. The first-order valence-electron chi connectivity index (χ1n) is 9.72. The second-order valence-electron chi connectivity index (χ2n) is 7.61. The van der Waals surface area contributed by atoms with Crippen molar-refractivity contribution in [3.8, 4) is 0 Å². The van der Waals surface area contributed by atoms with Crippen LogP contribution in [0.2, 0.25) is 0 Å². The summed E-state index contributed by atoms with van der Waals surface area (Å²) in [6.45, 7) is 6.89. The van der Waals surface area contributed by atoms with Gasteiger partial charge in [0.25, 0.3) is 0 Å². The van der Waals surface area contributed by atoms with Crippen molar-refractivity contribution in [2.75, 3.05) is 18.5 Å². The summed E-state index contributed by atoms with van der Waals surface area (Å²) in [5.41, 5.74) is 0.728. The number of H-pyrrole nitrogens is 1. The van der Waals surface area contributed by atoms with Gasteiger partial charge in [-0.25, -0.2) is 14.2 Å². The standard InChI is InChI=1S/C20H28N4O4/c1-12(2)17(25)15-6-4-5-14(11-15)13(3)21-18-22-19(26)24(20(27)23-18)16-7-9-28-10-8-16/h4-6,11-13,16-17,25H,7-10H2,1-3H3,(H2,21,22,23,26,27)/t13-,17-/m0/s1. The van der Waals surface area contributed by atoms with Gasteiger partial charge in [0.05, 0.1) is 12.1 Å². The summed E-state index contributed by atoms with van der Waals surface area (Å²) >= 11 is 0. The Labute approximate surface area is 163 Å². The zero-order valence-electron chi connectivity index (χ0n) is 16.5. The molecule has 1 aromatic heterocycles. The van der Waals surface area contributed by atoms with E-state index in [9.17, 15) is 14.7 Å². The van der Waals surface area contributed by atoms with Crippen molar-refractivity contribution in [2.45, 2.75) is 51.8 Å². The fourth-order valence-electron chi connectivity index (χ4n) is 3.45. The molecule has 0 spiro atoms. The maximum atomic E-state index is 12.5. The summed E-state index contributed by atoms with van der Waals surface area (Å²) in [5.74, 6) is 0.245. The molecule has 8 heteroatoms. The fraction of sp³-hybridized carbons (Fsp3) is 0.550. The molecule has 1 aliphatic heterocycles. The molecular weight excluding hydrogens is 360 g/mol. The van der Waals surface area contributed by atoms with Crippen molar-refractivity contribution in [1.82, 2.24) is 14.5 Å². The number of anilines is 1. The van der Waals surface area contributed by atoms with Crippen molar-refractivity contribution < 1.29 is 9.84 Å². The van der Waals surface area contributed by atoms with Gasteiger partial charge in [0.1, 0.15) is 0 Å². The Hall–Kier alpha value is -2.45. The minimum absolute atomic E-state index is 0.106. The van der Waals surface area contributed by atoms with E-state index in [2.05, 4.69) is 15.3 Å². The van der Waals surface area contributed by atoms with Crippen molar-refractivity contribution in [3.63, 3.8) is 0 Å². The van der Waals surface area contributed by atoms with Crippen molar-refractivity contribution in [2.24, 2.45) is 5.92 Å². The van der Waals surface area contributed by atoms with Gasteiger partial charge in [-0.1, -0.05) is 38.1 Å². The Bertz CT molecular complexity index is 884. The van der Waals surface area contributed by atoms with Crippen LogP contribution in [-0.4, -0.2) is 32.9 Å². The number of aromatic amines is 1. The van der Waals surface area contributed by atoms with Crippen LogP contribution in [0.5, 0.6) is 0 Å². The molecule has 2 atom stereocenters. The summed E-state index contributed by atoms with van der Waals surface area (Å²) in [6, 6.07) is 7.22. The molecular formula is C20H28N4O4. The van der Waals surface area contributed by atoms with E-state index < -0.39 is 17.5 Å². The number of aromatic nitrogens is 3. The van der Waals surface area contributed by atoms with Crippen LogP contribution in [0.1, 0.15) is 62.9 Å². The smallest absolute Gasteiger partial charge is 0.355 e. The van der Waals surface area contributed by atoms with Gasteiger partial charge >= 0.3 is 11.4 Å². The minimum Gasteiger partial charge on any atom is -0.388 e. The van der Waals surface area contributed by atoms with E-state index in [1.165, 1.54) is 4.57 Å². The highest BCUT2D eigenvalue weighted by Crippen LogP contribution is 2.25. The number of ether oxygens (including phenoxy) is 1. The maximum absolute atomic E-state index is 12.5. The van der Waals surface area contributed by atoms with Gasteiger partial charge in [-0.05, 0) is 36.8 Å². The molecule has 1 fully saturated rings. The molecule has 1 aromatic carbocycles. The maximum Gasteiger partial charge on any atom is 0.355 e. The summed E-state index contributed by atoms with van der Waals surface area (Å²) in [4.78, 5) is 31.5. The summed E-state index contributed by atoms with van der Waals surface area (Å²) in [5, 5.41) is 13.4. The lowest BCUT2D eigenvalue weighted by molar-refractivity contribution is 0.0670. The summed E-state index contributed by atoms with van der Waals surface area (Å²) < 4.78 is 6.47. The highest BCUT2D eigenvalue weighted by molar-refractivity contribution is 5.33. The molecule has 0 radical (unpaired) electrons. The predicted octanol–water partition coefficient (Wildman–Crippen LogP) is 2.15. The van der Waals surface area contributed by atoms with Crippen LogP contribution in [0.15, 0.2) is 33.9 Å². The second-order valence-corrected chi connectivity index (χ2v) is 7.61. The first-order chi connectivity index (χ1) is 13.4. The van der Waals surface area contributed by atoms with Crippen molar-refractivity contribution in [1.29, 1.82) is 0 Å². The molecule has 0 amide bonds. The van der Waals surface area contributed by atoms with Crippen LogP contribution in [0.3, 0.4) is 0 Å². The molecule has 0 aliphatic carbocycles. The third kappa shape index (κ3) is 4.51. The number of hydrogen-bond donors (Lipinski definition) is 3. The molecule has 3 rings (SSSR count). The Morgan fingerprint density at radius 3 is 2.54 bits per heavy atom. The van der Waals surface area contributed by atoms with Gasteiger partial charge < -0.3 is 15.2 Å². The lowest BCUT2D eigenvalue weighted by atomic mass is 9.96. The normalized spacial score (nSPS) is 17.5. The monoisotopic (exact) mass is 388 g/mol. The predicted molar refractivity (Wildman–Crippen MR) is 106 cm³/mol. The van der Waals surface area contributed by atoms with Crippen molar-refractivity contribution in [3.05, 3.63) is 56.4 Å². The third-order valence-corrected chi connectivity index (χ3v) is 5.15. The Morgan fingerprint density at radius 2 is 1.89 bits per heavy atom. The Balaban J connectivity index is 1.79. The van der Waals surface area contributed by atoms with E-state index in [0.717, 1.165) is 11.1 Å². The largest absolute Gasteiger partial charge is 0.388 e. The average Bonchev–Trinajstić information content (AvgIpc) is 2.67. The summed E-state index contributed by atoms with van der Waals surface area (Å²) in [6.07, 6.45) is 0.700. The number of benzene rings is 1. The van der Waals surface area contributed by atoms with E-state index in [4.69, 9.17) is 4.74 Å². The number of nitrogens with one attached hydrogen (secondary N) is 2. The number of aliphatic hydroxyl groups is 1. The zero-order valence-corrected chi connectivity index (χ0v) is 16.5. The third-order valence-electron chi connectivity index (χ3n) is 5.15. The fourth-order valence-corrected chi connectivity index (χ4v) is 3.45. The van der Waals surface area contributed by atoms with E-state index >= 15 is 0 Å². The molecule has 0 bridgehead atoms. The highest BCUT2D eigenvalue weighted by Gasteiger charge is 2.21. The van der Waals surface area contributed by atoms with Gasteiger partial charge in [0, 0.05) is 19.3 Å².